The molecule has 284 valence electrons. The van der Waals surface area contributed by atoms with Crippen molar-refractivity contribution in [1.82, 2.24) is 9.13 Å². The van der Waals surface area contributed by atoms with Crippen molar-refractivity contribution in [2.45, 2.75) is 94.4 Å². The summed E-state index contributed by atoms with van der Waals surface area (Å²) in [6, 6.07) is 3.37. The van der Waals surface area contributed by atoms with Crippen LogP contribution in [0.2, 0.25) is 0 Å². The van der Waals surface area contributed by atoms with Gasteiger partial charge >= 0.3 is 11.8 Å². The molecule has 52 heavy (non-hydrogen) atoms. The molecule has 7 N–H and O–H groups in total. The van der Waals surface area contributed by atoms with Crippen LogP contribution in [0, 0.1) is 17.6 Å². The highest BCUT2D eigenvalue weighted by molar-refractivity contribution is 6.02. The number of ether oxygens (including phenoxy) is 5. The van der Waals surface area contributed by atoms with Crippen LogP contribution in [0.1, 0.15) is 51.5 Å². The maximum Gasteiger partial charge on any atom is 0.510 e. The Morgan fingerprint density at radius 1 is 1.06 bits per heavy atom. The summed E-state index contributed by atoms with van der Waals surface area (Å²) in [6.07, 6.45) is -10.1. The standard InChI is InChI=1S/C32H38F2N4O14/c1-14(48-32(47)49-16-5-3-2-4-6-16)38-22(41)9-10-37(31(38)46)29-23(42)17(13-39)25(51-29)26(27(35)44)52-30-24(43)20(40)12-21(50-30)28(45)36-15-7-8-18(33)19(34)11-15/h7-12,14,16-17,20,23-26,29-30,39-40,42-43H,2-6,13H2,1H3,(H2,35,44)(H,36,45)/t14?,17-,20-,23+,24-,25-,26+,29+,30+/m0/s1. The lowest BCUT2D eigenvalue weighted by molar-refractivity contribution is -0.239. The highest BCUT2D eigenvalue weighted by Crippen LogP contribution is 2.37. The van der Waals surface area contributed by atoms with Crippen molar-refractivity contribution in [1.29, 1.82) is 0 Å². The molecule has 1 aromatic heterocycles. The van der Waals surface area contributed by atoms with Crippen molar-refractivity contribution in [3.05, 3.63) is 74.8 Å². The summed E-state index contributed by atoms with van der Waals surface area (Å²) >= 11 is 0. The van der Waals surface area contributed by atoms with Crippen LogP contribution in [0.15, 0.2) is 51.9 Å². The molecule has 20 heteroatoms. The minimum atomic E-state index is -2.02. The zero-order chi connectivity index (χ0) is 37.9. The monoisotopic (exact) mass is 740 g/mol. The summed E-state index contributed by atoms with van der Waals surface area (Å²) in [7, 11) is 0. The lowest BCUT2D eigenvalue weighted by Gasteiger charge is -2.35. The number of carbonyl (C=O) groups is 3. The highest BCUT2D eigenvalue weighted by Gasteiger charge is 2.52. The first-order chi connectivity index (χ1) is 24.7. The van der Waals surface area contributed by atoms with Gasteiger partial charge in [-0.05, 0) is 50.8 Å². The van der Waals surface area contributed by atoms with E-state index in [0.29, 0.717) is 23.5 Å². The molecule has 2 amide bonds. The van der Waals surface area contributed by atoms with E-state index < -0.39 is 108 Å². The smallest absolute Gasteiger partial charge is 0.456 e. The normalized spacial score (nSPS) is 27.5. The predicted molar refractivity (Wildman–Crippen MR) is 169 cm³/mol. The van der Waals surface area contributed by atoms with Gasteiger partial charge in [-0.2, -0.15) is 0 Å². The van der Waals surface area contributed by atoms with Gasteiger partial charge in [-0.25, -0.2) is 22.9 Å². The number of amides is 2. The summed E-state index contributed by atoms with van der Waals surface area (Å²) in [5.74, 6) is -6.93. The maximum atomic E-state index is 13.6. The van der Waals surface area contributed by atoms with E-state index in [4.69, 9.17) is 29.4 Å². The number of nitrogens with two attached hydrogens (primary N) is 1. The number of nitrogens with zero attached hydrogens (tertiary/aromatic N) is 2. The second-order valence-corrected chi connectivity index (χ2v) is 12.4. The Morgan fingerprint density at radius 3 is 2.42 bits per heavy atom. The number of aliphatic hydroxyl groups is 4. The first kappa shape index (κ1) is 38.5. The minimum Gasteiger partial charge on any atom is -0.456 e. The molecule has 1 unspecified atom stereocenters. The Kier molecular flexibility index (Phi) is 12.1. The second-order valence-electron chi connectivity index (χ2n) is 12.4. The van der Waals surface area contributed by atoms with Gasteiger partial charge in [0.2, 0.25) is 12.2 Å². The molecule has 2 fully saturated rings. The van der Waals surface area contributed by atoms with Gasteiger partial charge in [-0.3, -0.25) is 19.0 Å². The summed E-state index contributed by atoms with van der Waals surface area (Å²) in [6.45, 7) is 0.358. The molecule has 0 spiro atoms. The SMILES string of the molecule is CC(OC(=O)OC1CCCCC1)n1c(=O)ccn([C@@H]2O[C@H]([C@@H](O[C@H]3OC(C(=O)Nc4ccc(F)c(F)c4)=C[C@H](O)[C@@H]3O)C(N)=O)[C@@H](CO)[C@H]2O)c1=O. The van der Waals surface area contributed by atoms with Crippen molar-refractivity contribution in [2.75, 3.05) is 11.9 Å². The van der Waals surface area contributed by atoms with Gasteiger partial charge in [0.15, 0.2) is 36.0 Å². The number of anilines is 1. The van der Waals surface area contributed by atoms with Crippen LogP contribution in [-0.2, 0) is 33.3 Å². The molecular formula is C32H38F2N4O14. The first-order valence-electron chi connectivity index (χ1n) is 16.3. The lowest BCUT2D eigenvalue weighted by Crippen LogP contribution is -2.52. The van der Waals surface area contributed by atoms with Gasteiger partial charge in [-0.1, -0.05) is 6.42 Å². The number of rotatable bonds is 11. The van der Waals surface area contributed by atoms with Crippen molar-refractivity contribution in [3.8, 4) is 0 Å². The van der Waals surface area contributed by atoms with Crippen LogP contribution in [0.3, 0.4) is 0 Å². The number of aromatic nitrogens is 2. The molecule has 2 aromatic rings. The van der Waals surface area contributed by atoms with Crippen LogP contribution in [0.25, 0.3) is 0 Å². The van der Waals surface area contributed by atoms with E-state index >= 15 is 0 Å². The largest absolute Gasteiger partial charge is 0.510 e. The predicted octanol–water partition coefficient (Wildman–Crippen LogP) is -0.369. The van der Waals surface area contributed by atoms with E-state index in [0.717, 1.165) is 54.3 Å². The molecule has 1 aliphatic carbocycles. The molecule has 0 radical (unpaired) electrons. The topological polar surface area (TPSA) is 260 Å². The Morgan fingerprint density at radius 2 is 1.77 bits per heavy atom. The molecule has 1 saturated heterocycles. The molecule has 2 aliphatic heterocycles. The number of carbonyl (C=O) groups excluding carboxylic acids is 3. The number of benzene rings is 1. The number of hydrogen-bond donors (Lipinski definition) is 6. The zero-order valence-corrected chi connectivity index (χ0v) is 27.6. The van der Waals surface area contributed by atoms with E-state index in [-0.39, 0.29) is 11.8 Å². The number of halogens is 2. The van der Waals surface area contributed by atoms with Gasteiger partial charge in [0, 0.05) is 29.9 Å². The van der Waals surface area contributed by atoms with E-state index in [1.54, 1.807) is 0 Å². The van der Waals surface area contributed by atoms with Crippen LogP contribution in [0.4, 0.5) is 19.3 Å². The molecule has 5 rings (SSSR count). The Bertz CT molecular complexity index is 1800. The summed E-state index contributed by atoms with van der Waals surface area (Å²) < 4.78 is 55.5. The molecule has 18 nitrogen and oxygen atoms in total. The molecule has 3 heterocycles. The highest BCUT2D eigenvalue weighted by atomic mass is 19.2. The van der Waals surface area contributed by atoms with Crippen molar-refractivity contribution >= 4 is 23.7 Å². The fourth-order valence-electron chi connectivity index (χ4n) is 6.16. The maximum absolute atomic E-state index is 13.6. The average Bonchev–Trinajstić information content (AvgIpc) is 3.42. The van der Waals surface area contributed by atoms with Gasteiger partial charge in [0.25, 0.3) is 11.5 Å². The van der Waals surface area contributed by atoms with Crippen molar-refractivity contribution in [2.24, 2.45) is 11.7 Å². The van der Waals surface area contributed by atoms with Crippen LogP contribution in [-0.4, -0.2) is 97.1 Å². The second kappa shape index (κ2) is 16.3. The molecule has 3 aliphatic rings. The Labute approximate surface area is 292 Å². The fourth-order valence-corrected chi connectivity index (χ4v) is 6.16. The fraction of sp³-hybridized carbons (Fsp3) is 0.531. The summed E-state index contributed by atoms with van der Waals surface area (Å²) in [5, 5.41) is 44.6. The number of nitrogens with one attached hydrogen (secondary N) is 1. The third-order valence-electron chi connectivity index (χ3n) is 8.88. The summed E-state index contributed by atoms with van der Waals surface area (Å²) in [4.78, 5) is 64.2. The summed E-state index contributed by atoms with van der Waals surface area (Å²) in [5.41, 5.74) is 3.35. The van der Waals surface area contributed by atoms with E-state index in [9.17, 15) is 53.2 Å². The van der Waals surface area contributed by atoms with Crippen molar-refractivity contribution < 1.29 is 67.3 Å². The first-order valence-corrected chi connectivity index (χ1v) is 16.3. The number of hydrogen-bond acceptors (Lipinski definition) is 14. The van der Waals surface area contributed by atoms with E-state index in [1.165, 1.54) is 6.92 Å². The van der Waals surface area contributed by atoms with Crippen LogP contribution in [0.5, 0.6) is 0 Å². The van der Waals surface area contributed by atoms with Gasteiger partial charge in [0.05, 0.1) is 6.61 Å². The molecule has 1 saturated carbocycles. The average molecular weight is 741 g/mol. The Balaban J connectivity index is 1.33. The van der Waals surface area contributed by atoms with Crippen molar-refractivity contribution in [3.63, 3.8) is 0 Å². The number of aliphatic hydroxyl groups excluding tert-OH is 4. The van der Waals surface area contributed by atoms with E-state index in [2.05, 4.69) is 5.32 Å². The van der Waals surface area contributed by atoms with Gasteiger partial charge in [-0.15, -0.1) is 0 Å². The number of primary amides is 1. The third-order valence-corrected chi connectivity index (χ3v) is 8.88. The molecule has 9 atom stereocenters. The van der Waals surface area contributed by atoms with Crippen LogP contribution >= 0.6 is 0 Å². The quantitative estimate of drug-likeness (QED) is 0.161. The molecular weight excluding hydrogens is 702 g/mol. The molecule has 1 aromatic carbocycles. The van der Waals surface area contributed by atoms with Gasteiger partial charge < -0.3 is 55.2 Å². The lowest BCUT2D eigenvalue weighted by atomic mass is 9.94. The Hall–Kier alpha value is -4.73. The zero-order valence-electron chi connectivity index (χ0n) is 27.6. The van der Waals surface area contributed by atoms with E-state index in [1.807, 2.05) is 0 Å². The molecule has 0 bridgehead atoms. The third kappa shape index (κ3) is 8.32. The van der Waals surface area contributed by atoms with Gasteiger partial charge in [0.1, 0.15) is 30.5 Å². The van der Waals surface area contributed by atoms with Crippen LogP contribution < -0.4 is 22.3 Å². The minimum absolute atomic E-state index is 0.200.